The standard InChI is InChI=1S/C7H7Br.CH4O/c1-6-3-2-4-7(8)5-6;1-2/h2-5H,1H3;2H,1H3. The van der Waals surface area contributed by atoms with Crippen LogP contribution < -0.4 is 0 Å². The molecular weight excluding hydrogens is 192 g/mol. The highest BCUT2D eigenvalue weighted by atomic mass is 79.9. The van der Waals surface area contributed by atoms with Crippen molar-refractivity contribution in [2.45, 2.75) is 6.92 Å². The van der Waals surface area contributed by atoms with E-state index in [0.29, 0.717) is 0 Å². The van der Waals surface area contributed by atoms with Crippen molar-refractivity contribution >= 4 is 15.9 Å². The summed E-state index contributed by atoms with van der Waals surface area (Å²) >= 11 is 3.36. The fraction of sp³-hybridized carbons (Fsp3) is 0.250. The van der Waals surface area contributed by atoms with Gasteiger partial charge in [-0.3, -0.25) is 0 Å². The molecule has 0 aliphatic rings. The van der Waals surface area contributed by atoms with Crippen molar-refractivity contribution in [1.82, 2.24) is 0 Å². The molecule has 1 nitrogen and oxygen atoms in total. The molecule has 1 aromatic carbocycles. The van der Waals surface area contributed by atoms with Crippen molar-refractivity contribution in [3.05, 3.63) is 34.3 Å². The van der Waals surface area contributed by atoms with E-state index in [9.17, 15) is 0 Å². The number of aryl methyl sites for hydroxylation is 1. The summed E-state index contributed by atoms with van der Waals surface area (Å²) in [5, 5.41) is 7.00. The summed E-state index contributed by atoms with van der Waals surface area (Å²) in [4.78, 5) is 0. The van der Waals surface area contributed by atoms with E-state index in [4.69, 9.17) is 5.11 Å². The third-order valence-corrected chi connectivity index (χ3v) is 1.47. The highest BCUT2D eigenvalue weighted by Crippen LogP contribution is 2.09. The van der Waals surface area contributed by atoms with Crippen LogP contribution >= 0.6 is 15.9 Å². The summed E-state index contributed by atoms with van der Waals surface area (Å²) in [6, 6.07) is 8.21. The first-order valence-electron chi connectivity index (χ1n) is 2.96. The average Bonchev–Trinajstić information content (AvgIpc) is 1.91. The lowest BCUT2D eigenvalue weighted by atomic mass is 10.2. The molecule has 2 heteroatoms. The van der Waals surface area contributed by atoms with Crippen LogP contribution in [-0.2, 0) is 0 Å². The average molecular weight is 203 g/mol. The second kappa shape index (κ2) is 5.45. The number of benzene rings is 1. The Morgan fingerprint density at radius 2 is 1.90 bits per heavy atom. The van der Waals surface area contributed by atoms with Crippen molar-refractivity contribution < 1.29 is 5.11 Å². The van der Waals surface area contributed by atoms with Crippen LogP contribution in [0.3, 0.4) is 0 Å². The summed E-state index contributed by atoms with van der Waals surface area (Å²) in [6.45, 7) is 2.07. The monoisotopic (exact) mass is 202 g/mol. The van der Waals surface area contributed by atoms with E-state index >= 15 is 0 Å². The Labute approximate surface area is 69.8 Å². The second-order valence-corrected chi connectivity index (χ2v) is 2.71. The van der Waals surface area contributed by atoms with Gasteiger partial charge in [0.1, 0.15) is 0 Å². The van der Waals surface area contributed by atoms with Gasteiger partial charge in [-0.05, 0) is 19.1 Å². The first-order valence-corrected chi connectivity index (χ1v) is 3.75. The normalized spacial score (nSPS) is 8.00. The van der Waals surface area contributed by atoms with Crippen molar-refractivity contribution in [2.75, 3.05) is 7.11 Å². The molecule has 0 aliphatic heterocycles. The fourth-order valence-electron chi connectivity index (χ4n) is 0.606. The van der Waals surface area contributed by atoms with Gasteiger partial charge in [-0.25, -0.2) is 0 Å². The van der Waals surface area contributed by atoms with Gasteiger partial charge in [-0.15, -0.1) is 0 Å². The van der Waals surface area contributed by atoms with Gasteiger partial charge in [0.2, 0.25) is 0 Å². The number of hydrogen-bond donors (Lipinski definition) is 1. The number of hydrogen-bond acceptors (Lipinski definition) is 1. The minimum Gasteiger partial charge on any atom is -0.400 e. The van der Waals surface area contributed by atoms with Gasteiger partial charge >= 0.3 is 0 Å². The van der Waals surface area contributed by atoms with E-state index in [2.05, 4.69) is 35.0 Å². The smallest absolute Gasteiger partial charge is 0.0319 e. The largest absolute Gasteiger partial charge is 0.400 e. The molecule has 0 saturated carbocycles. The van der Waals surface area contributed by atoms with E-state index in [0.717, 1.165) is 11.6 Å². The molecule has 0 spiro atoms. The molecule has 1 N–H and O–H groups in total. The van der Waals surface area contributed by atoms with Crippen LogP contribution in [0, 0.1) is 6.92 Å². The lowest BCUT2D eigenvalue weighted by molar-refractivity contribution is 0.399. The van der Waals surface area contributed by atoms with Gasteiger partial charge in [0.05, 0.1) is 0 Å². The van der Waals surface area contributed by atoms with Crippen molar-refractivity contribution in [3.63, 3.8) is 0 Å². The van der Waals surface area contributed by atoms with Crippen LogP contribution in [0.25, 0.3) is 0 Å². The Bertz CT molecular complexity index is 169. The summed E-state index contributed by atoms with van der Waals surface area (Å²) in [5.74, 6) is 0. The maximum Gasteiger partial charge on any atom is 0.0319 e. The molecule has 0 bridgehead atoms. The number of rotatable bonds is 0. The SMILES string of the molecule is CO.Cc1cccc(Br)c1. The van der Waals surface area contributed by atoms with Crippen LogP contribution in [0.1, 0.15) is 5.56 Å². The molecule has 0 aliphatic carbocycles. The fourth-order valence-corrected chi connectivity index (χ4v) is 1.12. The zero-order valence-corrected chi connectivity index (χ0v) is 7.72. The predicted molar refractivity (Wildman–Crippen MR) is 47.0 cm³/mol. The molecule has 0 amide bonds. The van der Waals surface area contributed by atoms with Crippen molar-refractivity contribution in [1.29, 1.82) is 0 Å². The van der Waals surface area contributed by atoms with Gasteiger partial charge < -0.3 is 5.11 Å². The van der Waals surface area contributed by atoms with Crippen LogP contribution in [0.4, 0.5) is 0 Å². The molecule has 56 valence electrons. The molecule has 0 saturated heterocycles. The van der Waals surface area contributed by atoms with Gasteiger partial charge in [-0.2, -0.15) is 0 Å². The summed E-state index contributed by atoms with van der Waals surface area (Å²) in [6.07, 6.45) is 0. The number of halogens is 1. The van der Waals surface area contributed by atoms with E-state index in [1.165, 1.54) is 5.56 Å². The van der Waals surface area contributed by atoms with E-state index in [1.54, 1.807) is 0 Å². The highest BCUT2D eigenvalue weighted by Gasteiger charge is 1.82. The molecular formula is C8H11BrO. The lowest BCUT2D eigenvalue weighted by Crippen LogP contribution is -1.67. The molecule has 0 atom stereocenters. The van der Waals surface area contributed by atoms with E-state index in [1.807, 2.05) is 12.1 Å². The van der Waals surface area contributed by atoms with Gasteiger partial charge in [0.25, 0.3) is 0 Å². The highest BCUT2D eigenvalue weighted by molar-refractivity contribution is 9.10. The molecule has 1 aromatic rings. The maximum absolute atomic E-state index is 7.00. The van der Waals surface area contributed by atoms with Crippen molar-refractivity contribution in [3.8, 4) is 0 Å². The first kappa shape index (κ1) is 9.66. The lowest BCUT2D eigenvalue weighted by Gasteiger charge is -1.89. The maximum atomic E-state index is 7.00. The molecule has 0 aromatic heterocycles. The predicted octanol–water partition coefficient (Wildman–Crippen LogP) is 2.37. The van der Waals surface area contributed by atoms with Gasteiger partial charge in [0.15, 0.2) is 0 Å². The van der Waals surface area contributed by atoms with Gasteiger partial charge in [0, 0.05) is 11.6 Å². The summed E-state index contributed by atoms with van der Waals surface area (Å²) in [7, 11) is 1.00. The zero-order chi connectivity index (χ0) is 7.98. The third-order valence-electron chi connectivity index (χ3n) is 0.980. The number of aliphatic hydroxyl groups excluding tert-OH is 1. The van der Waals surface area contributed by atoms with Crippen LogP contribution in [0.5, 0.6) is 0 Å². The minimum absolute atomic E-state index is 1.00. The molecule has 10 heavy (non-hydrogen) atoms. The van der Waals surface area contributed by atoms with Gasteiger partial charge in [-0.1, -0.05) is 33.6 Å². The van der Waals surface area contributed by atoms with E-state index < -0.39 is 0 Å². The molecule has 0 heterocycles. The third kappa shape index (κ3) is 3.64. The minimum atomic E-state index is 1.00. The van der Waals surface area contributed by atoms with E-state index in [-0.39, 0.29) is 0 Å². The summed E-state index contributed by atoms with van der Waals surface area (Å²) in [5.41, 5.74) is 1.29. The molecule has 0 fully saturated rings. The Balaban J connectivity index is 0.000000371. The Hall–Kier alpha value is -0.340. The van der Waals surface area contributed by atoms with Crippen LogP contribution in [0.2, 0.25) is 0 Å². The summed E-state index contributed by atoms with van der Waals surface area (Å²) < 4.78 is 1.15. The quantitative estimate of drug-likeness (QED) is 0.686. The number of aliphatic hydroxyl groups is 1. The molecule has 0 radical (unpaired) electrons. The van der Waals surface area contributed by atoms with Crippen LogP contribution in [0.15, 0.2) is 28.7 Å². The topological polar surface area (TPSA) is 20.2 Å². The van der Waals surface area contributed by atoms with Crippen LogP contribution in [-0.4, -0.2) is 12.2 Å². The first-order chi connectivity index (χ1) is 4.79. The Kier molecular flexibility index (Phi) is 5.26. The molecule has 1 rings (SSSR count). The Morgan fingerprint density at radius 1 is 1.30 bits per heavy atom. The second-order valence-electron chi connectivity index (χ2n) is 1.80. The zero-order valence-electron chi connectivity index (χ0n) is 6.13. The molecule has 0 unspecified atom stereocenters. The Morgan fingerprint density at radius 3 is 2.20 bits per heavy atom. The van der Waals surface area contributed by atoms with Crippen molar-refractivity contribution in [2.24, 2.45) is 0 Å².